The van der Waals surface area contributed by atoms with Gasteiger partial charge in [0.05, 0.1) is 24.3 Å². The van der Waals surface area contributed by atoms with Crippen LogP contribution in [0.3, 0.4) is 0 Å². The summed E-state index contributed by atoms with van der Waals surface area (Å²) in [4.78, 5) is 30.5. The van der Waals surface area contributed by atoms with Gasteiger partial charge < -0.3 is 14.7 Å². The second-order valence-corrected chi connectivity index (χ2v) is 5.41. The molecule has 0 aromatic carbocycles. The number of nitrogens with one attached hydrogen (secondary N) is 2. The first kappa shape index (κ1) is 15.4. The fraction of sp³-hybridized carbons (Fsp3) is 0.357. The van der Waals surface area contributed by atoms with E-state index in [1.54, 1.807) is 25.3 Å². The molecule has 0 atom stereocenters. The maximum Gasteiger partial charge on any atom is 0.254 e. The summed E-state index contributed by atoms with van der Waals surface area (Å²) >= 11 is 1.21. The van der Waals surface area contributed by atoms with Crippen molar-refractivity contribution >= 4 is 17.7 Å². The number of thioether (sulfide) groups is 1. The number of nitrogens with zero attached hydrogens (tertiary/aromatic N) is 1. The zero-order valence-electron chi connectivity index (χ0n) is 11.9. The molecule has 2 N–H and O–H groups in total. The first-order chi connectivity index (χ1) is 10.1. The number of aromatic amines is 1. The van der Waals surface area contributed by atoms with Gasteiger partial charge in [0.2, 0.25) is 5.91 Å². The zero-order chi connectivity index (χ0) is 15.2. The number of aryl methyl sites for hydroxylation is 1. The molecule has 7 heteroatoms. The second-order valence-electron chi connectivity index (χ2n) is 4.44. The summed E-state index contributed by atoms with van der Waals surface area (Å²) in [7, 11) is 0. The molecule has 112 valence electrons. The molecule has 0 bridgehead atoms. The molecule has 6 nitrogen and oxygen atoms in total. The van der Waals surface area contributed by atoms with Gasteiger partial charge in [-0.2, -0.15) is 0 Å². The number of H-pyrrole nitrogens is 1. The van der Waals surface area contributed by atoms with Gasteiger partial charge in [-0.15, -0.1) is 0 Å². The van der Waals surface area contributed by atoms with Gasteiger partial charge in [0.25, 0.3) is 5.56 Å². The Bertz CT molecular complexity index is 665. The van der Waals surface area contributed by atoms with Crippen molar-refractivity contribution in [3.05, 3.63) is 45.8 Å². The SMILES string of the molecule is CCc1nc(SCC(=O)NCc2ccco2)[nH]c(=O)c1C. The Hall–Kier alpha value is -2.02. The minimum Gasteiger partial charge on any atom is -0.467 e. The van der Waals surface area contributed by atoms with Crippen LogP contribution in [0.1, 0.15) is 23.9 Å². The van der Waals surface area contributed by atoms with E-state index < -0.39 is 0 Å². The lowest BCUT2D eigenvalue weighted by Gasteiger charge is -2.06. The Kier molecular flexibility index (Phi) is 5.21. The molecule has 0 unspecified atom stereocenters. The lowest BCUT2D eigenvalue weighted by Crippen LogP contribution is -2.24. The number of rotatable bonds is 6. The van der Waals surface area contributed by atoms with Crippen LogP contribution < -0.4 is 10.9 Å². The van der Waals surface area contributed by atoms with E-state index in [2.05, 4.69) is 15.3 Å². The van der Waals surface area contributed by atoms with Gasteiger partial charge in [0, 0.05) is 5.56 Å². The van der Waals surface area contributed by atoms with Crippen LogP contribution >= 0.6 is 11.8 Å². The molecule has 1 amide bonds. The highest BCUT2D eigenvalue weighted by Gasteiger charge is 2.09. The topological polar surface area (TPSA) is 88.0 Å². The second kappa shape index (κ2) is 7.12. The maximum absolute atomic E-state index is 11.7. The lowest BCUT2D eigenvalue weighted by molar-refractivity contribution is -0.118. The van der Waals surface area contributed by atoms with Gasteiger partial charge in [-0.1, -0.05) is 18.7 Å². The molecule has 2 heterocycles. The van der Waals surface area contributed by atoms with Crippen LogP contribution in [0.15, 0.2) is 32.8 Å². The highest BCUT2D eigenvalue weighted by Crippen LogP contribution is 2.12. The fourth-order valence-corrected chi connectivity index (χ4v) is 2.46. The van der Waals surface area contributed by atoms with Crippen molar-refractivity contribution in [2.24, 2.45) is 0 Å². The largest absolute Gasteiger partial charge is 0.467 e. The average Bonchev–Trinajstić information content (AvgIpc) is 2.99. The van der Waals surface area contributed by atoms with Crippen LogP contribution in [-0.2, 0) is 17.8 Å². The average molecular weight is 307 g/mol. The molecule has 2 rings (SSSR count). The molecule has 2 aromatic heterocycles. The van der Waals surface area contributed by atoms with Crippen LogP contribution in [0, 0.1) is 6.92 Å². The number of hydrogen-bond donors (Lipinski definition) is 2. The van der Waals surface area contributed by atoms with Crippen molar-refractivity contribution in [2.75, 3.05) is 5.75 Å². The Morgan fingerprint density at radius 2 is 2.33 bits per heavy atom. The summed E-state index contributed by atoms with van der Waals surface area (Å²) in [6.07, 6.45) is 2.25. The first-order valence-corrected chi connectivity index (χ1v) is 7.60. The maximum atomic E-state index is 11.7. The van der Waals surface area contributed by atoms with E-state index in [1.165, 1.54) is 11.8 Å². The number of aromatic nitrogens is 2. The highest BCUT2D eigenvalue weighted by molar-refractivity contribution is 7.99. The smallest absolute Gasteiger partial charge is 0.254 e. The summed E-state index contributed by atoms with van der Waals surface area (Å²) in [6, 6.07) is 3.56. The molecule has 2 aromatic rings. The molecular formula is C14H17N3O3S. The Morgan fingerprint density at radius 3 is 3.00 bits per heavy atom. The third-order valence-corrected chi connectivity index (χ3v) is 3.82. The predicted octanol–water partition coefficient (Wildman–Crippen LogP) is 1.64. The molecule has 0 fully saturated rings. The van der Waals surface area contributed by atoms with Crippen LogP contribution in [0.4, 0.5) is 0 Å². The molecule has 0 radical (unpaired) electrons. The Morgan fingerprint density at radius 1 is 1.52 bits per heavy atom. The van der Waals surface area contributed by atoms with Crippen LogP contribution in [0.2, 0.25) is 0 Å². The molecule has 0 spiro atoms. The van der Waals surface area contributed by atoms with Crippen LogP contribution in [0.25, 0.3) is 0 Å². The van der Waals surface area contributed by atoms with Gasteiger partial charge in [-0.3, -0.25) is 9.59 Å². The van der Waals surface area contributed by atoms with Crippen molar-refractivity contribution in [3.63, 3.8) is 0 Å². The van der Waals surface area contributed by atoms with Crippen molar-refractivity contribution < 1.29 is 9.21 Å². The van der Waals surface area contributed by atoms with Crippen molar-refractivity contribution in [1.29, 1.82) is 0 Å². The summed E-state index contributed by atoms with van der Waals surface area (Å²) in [5.74, 6) is 0.747. The van der Waals surface area contributed by atoms with Crippen molar-refractivity contribution in [1.82, 2.24) is 15.3 Å². The summed E-state index contributed by atoms with van der Waals surface area (Å²) in [5.41, 5.74) is 1.24. The molecule has 0 aliphatic carbocycles. The van der Waals surface area contributed by atoms with E-state index in [1.807, 2.05) is 6.92 Å². The van der Waals surface area contributed by atoms with E-state index in [-0.39, 0.29) is 17.2 Å². The van der Waals surface area contributed by atoms with Gasteiger partial charge in [0.15, 0.2) is 5.16 Å². The standard InChI is InChI=1S/C14H17N3O3S/c1-3-11-9(2)13(19)17-14(16-11)21-8-12(18)15-7-10-5-4-6-20-10/h4-6H,3,7-8H2,1-2H3,(H,15,18)(H,16,17,19). The summed E-state index contributed by atoms with van der Waals surface area (Å²) in [5, 5.41) is 3.20. The Labute approximate surface area is 126 Å². The minimum atomic E-state index is -0.152. The monoisotopic (exact) mass is 307 g/mol. The third-order valence-electron chi connectivity index (χ3n) is 2.95. The molecule has 0 saturated heterocycles. The molecule has 0 aliphatic rings. The lowest BCUT2D eigenvalue weighted by atomic mass is 10.2. The van der Waals surface area contributed by atoms with E-state index in [4.69, 9.17) is 4.42 Å². The zero-order valence-corrected chi connectivity index (χ0v) is 12.8. The molecular weight excluding hydrogens is 290 g/mol. The molecule has 0 saturated carbocycles. The molecule has 0 aliphatic heterocycles. The van der Waals surface area contributed by atoms with Crippen LogP contribution in [-0.4, -0.2) is 21.6 Å². The highest BCUT2D eigenvalue weighted by atomic mass is 32.2. The summed E-state index contributed by atoms with van der Waals surface area (Å²) in [6.45, 7) is 4.04. The molecule has 21 heavy (non-hydrogen) atoms. The number of carbonyl (C=O) groups excluding carboxylic acids is 1. The van der Waals surface area contributed by atoms with Gasteiger partial charge in [-0.25, -0.2) is 4.98 Å². The first-order valence-electron chi connectivity index (χ1n) is 6.61. The quantitative estimate of drug-likeness (QED) is 0.626. The van der Waals surface area contributed by atoms with E-state index >= 15 is 0 Å². The van der Waals surface area contributed by atoms with Crippen molar-refractivity contribution in [2.45, 2.75) is 32.0 Å². The van der Waals surface area contributed by atoms with Crippen molar-refractivity contribution in [3.8, 4) is 0 Å². The minimum absolute atomic E-state index is 0.141. The van der Waals surface area contributed by atoms with E-state index in [0.29, 0.717) is 29.4 Å². The van der Waals surface area contributed by atoms with Gasteiger partial charge in [-0.05, 0) is 25.5 Å². The Balaban J connectivity index is 1.89. The number of carbonyl (C=O) groups is 1. The summed E-state index contributed by atoms with van der Waals surface area (Å²) < 4.78 is 5.12. The van der Waals surface area contributed by atoms with E-state index in [0.717, 1.165) is 5.69 Å². The number of amides is 1. The number of hydrogen-bond acceptors (Lipinski definition) is 5. The predicted molar refractivity (Wildman–Crippen MR) is 80.3 cm³/mol. The van der Waals surface area contributed by atoms with Gasteiger partial charge >= 0.3 is 0 Å². The van der Waals surface area contributed by atoms with Gasteiger partial charge in [0.1, 0.15) is 5.76 Å². The number of furan rings is 1. The van der Waals surface area contributed by atoms with E-state index in [9.17, 15) is 9.59 Å². The normalized spacial score (nSPS) is 10.6. The fourth-order valence-electron chi connectivity index (χ4n) is 1.75. The van der Waals surface area contributed by atoms with Crippen LogP contribution in [0.5, 0.6) is 0 Å². The third kappa shape index (κ3) is 4.22.